The summed E-state index contributed by atoms with van der Waals surface area (Å²) >= 11 is 0. The van der Waals surface area contributed by atoms with Gasteiger partial charge in [0.25, 0.3) is 10.1 Å². The van der Waals surface area contributed by atoms with Crippen molar-refractivity contribution < 1.29 is 27.2 Å². The first-order chi connectivity index (χ1) is 24.5. The summed E-state index contributed by atoms with van der Waals surface area (Å²) < 4.78 is 48.5. The molecule has 6 aromatic carbocycles. The number of benzene rings is 6. The Morgan fingerprint density at radius 2 is 0.840 bits per heavy atom. The van der Waals surface area contributed by atoms with Gasteiger partial charge < -0.3 is 14.2 Å². The first-order valence-electron chi connectivity index (χ1n) is 16.4. The molecule has 0 bridgehead atoms. The van der Waals surface area contributed by atoms with Gasteiger partial charge >= 0.3 is 0 Å². The van der Waals surface area contributed by atoms with Crippen LogP contribution in [0, 0.1) is 0 Å². The van der Waals surface area contributed by atoms with Crippen molar-refractivity contribution in [2.45, 2.75) is 40.7 Å². The number of hydrogen-bond donors (Lipinski definition) is 1. The minimum atomic E-state index is -3.96. The van der Waals surface area contributed by atoms with Crippen LogP contribution in [0.15, 0.2) is 185 Å². The Labute approximate surface area is 298 Å². The molecule has 256 valence electrons. The molecule has 0 aliphatic rings. The van der Waals surface area contributed by atoms with Gasteiger partial charge in [0.1, 0.15) is 30.5 Å². The highest BCUT2D eigenvalue weighted by Crippen LogP contribution is 2.31. The third kappa shape index (κ3) is 11.8. The van der Waals surface area contributed by atoms with E-state index in [0.29, 0.717) is 38.4 Å². The van der Waals surface area contributed by atoms with E-state index in [1.807, 2.05) is 78.9 Å². The number of rotatable bonds is 15. The topological polar surface area (TPSA) is 82.1 Å². The SMILES string of the molecule is O=S(=O)(O)CCCCOc1c(COc2ccccc2)cccc1COc1ccccc1.c1ccc([S+](c2ccccc2)c2ccccc2)cc1. The Kier molecular flexibility index (Phi) is 14.0. The standard InChI is InChI=1S/C24H26O6S.C18H15S/c25-31(26,27)17-8-7-16-28-24-20(18-29-22-12-3-1-4-13-22)10-9-11-21(24)19-30-23-14-5-2-6-15-23;1-4-10-16(11-5-1)19(17-12-6-2-7-13-17)18-14-8-3-9-15-18/h1-6,9-15H,7-8,16-19H2,(H,25,26,27);1-15H/q;+1. The summed E-state index contributed by atoms with van der Waals surface area (Å²) in [6.45, 7) is 0.962. The molecule has 0 saturated carbocycles. The van der Waals surface area contributed by atoms with Crippen molar-refractivity contribution in [3.63, 3.8) is 0 Å². The normalized spacial score (nSPS) is 10.9. The first kappa shape index (κ1) is 36.3. The molecule has 6 nitrogen and oxygen atoms in total. The largest absolute Gasteiger partial charge is 0.493 e. The lowest BCUT2D eigenvalue weighted by molar-refractivity contribution is 0.260. The van der Waals surface area contributed by atoms with Gasteiger partial charge in [-0.25, -0.2) is 0 Å². The van der Waals surface area contributed by atoms with Crippen LogP contribution in [-0.4, -0.2) is 25.3 Å². The molecule has 0 unspecified atom stereocenters. The second-order valence-corrected chi connectivity index (χ2v) is 14.8. The van der Waals surface area contributed by atoms with Crippen molar-refractivity contribution in [2.24, 2.45) is 0 Å². The van der Waals surface area contributed by atoms with E-state index in [1.165, 1.54) is 14.7 Å². The lowest BCUT2D eigenvalue weighted by Crippen LogP contribution is -2.09. The van der Waals surface area contributed by atoms with Crippen LogP contribution in [0.2, 0.25) is 0 Å². The first-order valence-corrected chi connectivity index (χ1v) is 19.2. The van der Waals surface area contributed by atoms with Gasteiger partial charge in [0.2, 0.25) is 0 Å². The Bertz CT molecular complexity index is 1790. The van der Waals surface area contributed by atoms with Crippen molar-refractivity contribution in [1.29, 1.82) is 0 Å². The average molecular weight is 706 g/mol. The summed E-state index contributed by atoms with van der Waals surface area (Å²) in [7, 11) is -3.97. The molecule has 6 aromatic rings. The van der Waals surface area contributed by atoms with Gasteiger partial charge in [-0.05, 0) is 73.5 Å². The summed E-state index contributed by atoms with van der Waals surface area (Å²) in [6, 6.07) is 57.0. The number of ether oxygens (including phenoxy) is 3. The molecule has 50 heavy (non-hydrogen) atoms. The monoisotopic (exact) mass is 705 g/mol. The van der Waals surface area contributed by atoms with Crippen molar-refractivity contribution in [2.75, 3.05) is 12.4 Å². The van der Waals surface area contributed by atoms with Crippen LogP contribution in [0.25, 0.3) is 0 Å². The molecule has 0 aliphatic heterocycles. The fourth-order valence-electron chi connectivity index (χ4n) is 5.05. The zero-order valence-corrected chi connectivity index (χ0v) is 29.3. The highest BCUT2D eigenvalue weighted by atomic mass is 32.2. The molecule has 0 fully saturated rings. The van der Waals surface area contributed by atoms with E-state index in [-0.39, 0.29) is 16.6 Å². The van der Waals surface area contributed by atoms with E-state index in [2.05, 4.69) is 91.0 Å². The number of hydrogen-bond acceptors (Lipinski definition) is 5. The van der Waals surface area contributed by atoms with Crippen LogP contribution >= 0.6 is 0 Å². The van der Waals surface area contributed by atoms with E-state index in [9.17, 15) is 8.42 Å². The van der Waals surface area contributed by atoms with Crippen molar-refractivity contribution in [3.8, 4) is 17.2 Å². The maximum Gasteiger partial charge on any atom is 0.264 e. The zero-order chi connectivity index (χ0) is 34.9. The molecule has 6 rings (SSSR count). The zero-order valence-electron chi connectivity index (χ0n) is 27.7. The van der Waals surface area contributed by atoms with E-state index < -0.39 is 10.1 Å². The van der Waals surface area contributed by atoms with E-state index in [0.717, 1.165) is 22.6 Å². The Morgan fingerprint density at radius 3 is 1.22 bits per heavy atom. The lowest BCUT2D eigenvalue weighted by atomic mass is 10.1. The van der Waals surface area contributed by atoms with Crippen LogP contribution < -0.4 is 14.2 Å². The van der Waals surface area contributed by atoms with Gasteiger partial charge in [0.05, 0.1) is 23.3 Å². The van der Waals surface area contributed by atoms with Crippen molar-refractivity contribution in [3.05, 3.63) is 181 Å². The second kappa shape index (κ2) is 19.2. The smallest absolute Gasteiger partial charge is 0.264 e. The van der Waals surface area contributed by atoms with Gasteiger partial charge in [-0.15, -0.1) is 0 Å². The van der Waals surface area contributed by atoms with Gasteiger partial charge in [0, 0.05) is 11.1 Å². The average Bonchev–Trinajstić information content (AvgIpc) is 3.15. The molecule has 0 saturated heterocycles. The quantitative estimate of drug-likeness (QED) is 0.0651. The van der Waals surface area contributed by atoms with Crippen molar-refractivity contribution in [1.82, 2.24) is 0 Å². The van der Waals surface area contributed by atoms with Gasteiger partial charge in [-0.3, -0.25) is 4.55 Å². The minimum absolute atomic E-state index is 0.0146. The summed E-state index contributed by atoms with van der Waals surface area (Å²) in [6.07, 6.45) is 0.810. The third-order valence-corrected chi connectivity index (χ3v) is 10.5. The third-order valence-electron chi connectivity index (χ3n) is 7.43. The highest BCUT2D eigenvalue weighted by molar-refractivity contribution is 7.97. The second-order valence-electron chi connectivity index (χ2n) is 11.2. The molecular weight excluding hydrogens is 665 g/mol. The summed E-state index contributed by atoms with van der Waals surface area (Å²) in [4.78, 5) is 4.08. The summed E-state index contributed by atoms with van der Waals surface area (Å²) in [5.41, 5.74) is 1.74. The van der Waals surface area contributed by atoms with Crippen LogP contribution in [0.3, 0.4) is 0 Å². The molecule has 1 N–H and O–H groups in total. The molecule has 0 aromatic heterocycles. The van der Waals surface area contributed by atoms with Crippen molar-refractivity contribution >= 4 is 21.0 Å². The number of para-hydroxylation sites is 3. The molecule has 8 heteroatoms. The predicted octanol–water partition coefficient (Wildman–Crippen LogP) is 9.67. The molecule has 0 amide bonds. The van der Waals surface area contributed by atoms with Crippen LogP contribution in [0.4, 0.5) is 0 Å². The molecule has 0 aliphatic carbocycles. The van der Waals surface area contributed by atoms with Crippen LogP contribution in [0.1, 0.15) is 24.0 Å². The molecular formula is C42H41O6S2+. The van der Waals surface area contributed by atoms with Gasteiger partial charge in [-0.1, -0.05) is 109 Å². The molecule has 0 spiro atoms. The van der Waals surface area contributed by atoms with Gasteiger partial charge in [0.15, 0.2) is 14.7 Å². The summed E-state index contributed by atoms with van der Waals surface area (Å²) in [5.74, 6) is 1.90. The minimum Gasteiger partial charge on any atom is -0.493 e. The fraction of sp³-hybridized carbons (Fsp3) is 0.143. The van der Waals surface area contributed by atoms with Gasteiger partial charge in [-0.2, -0.15) is 8.42 Å². The molecule has 0 heterocycles. The predicted molar refractivity (Wildman–Crippen MR) is 201 cm³/mol. The maximum atomic E-state index is 10.9. The van der Waals surface area contributed by atoms with Crippen LogP contribution in [-0.2, 0) is 34.2 Å². The van der Waals surface area contributed by atoms with Crippen LogP contribution in [0.5, 0.6) is 17.2 Å². The maximum absolute atomic E-state index is 10.9. The highest BCUT2D eigenvalue weighted by Gasteiger charge is 2.27. The molecule has 0 atom stereocenters. The Balaban J connectivity index is 0.000000217. The Morgan fingerprint density at radius 1 is 0.460 bits per heavy atom. The lowest BCUT2D eigenvalue weighted by Gasteiger charge is -2.17. The van der Waals surface area contributed by atoms with E-state index in [1.54, 1.807) is 0 Å². The molecule has 0 radical (unpaired) electrons. The number of unbranched alkanes of at least 4 members (excludes halogenated alkanes) is 1. The fourth-order valence-corrected chi connectivity index (χ4v) is 7.72. The van der Waals surface area contributed by atoms with E-state index >= 15 is 0 Å². The van der Waals surface area contributed by atoms with E-state index in [4.69, 9.17) is 18.8 Å². The summed E-state index contributed by atoms with van der Waals surface area (Å²) in [5, 5.41) is 0. The Hall–Kier alpha value is -5.02.